The minimum absolute atomic E-state index is 0.443. The Labute approximate surface area is 775 Å². The van der Waals surface area contributed by atoms with Crippen LogP contribution in [-0.2, 0) is 10.8 Å². The highest BCUT2D eigenvalue weighted by molar-refractivity contribution is 6.02. The third-order valence-corrected chi connectivity index (χ3v) is 26.6. The van der Waals surface area contributed by atoms with Gasteiger partial charge in [0.25, 0.3) is 0 Å². The van der Waals surface area contributed by atoms with Gasteiger partial charge in [-0.1, -0.05) is 267 Å². The Morgan fingerprint density at radius 2 is 0.313 bits per heavy atom. The summed E-state index contributed by atoms with van der Waals surface area (Å²) in [5, 5.41) is 0. The van der Waals surface area contributed by atoms with Crippen LogP contribution in [0.1, 0.15) is 44.5 Å². The SMILES string of the molecule is c1cc(-c2cncc(-c3cncnc3)c2)cc(-c2cc(-c3cccc(-c4cncc(-c5cncnc5)c4)c3)cc(-c3cccc4c3-c3ccccc3C43c4ccccc4-c4ccccc43)c2)c1.c1ccc(C2(c3ccccc3)c3ccccc3-c3c(-c4cc(-c5cccc(-c6cncc(-c7cncnc7)c6)c5)cc(-c5cccc(-c6cncc(-c7cncnc7)c6)c5)c4)cccc32)cc1. The average molecular weight is 1710 g/mol. The van der Waals surface area contributed by atoms with E-state index in [1.807, 2.05) is 99.1 Å². The van der Waals surface area contributed by atoms with E-state index in [9.17, 15) is 0 Å². The number of benzene rings is 14. The van der Waals surface area contributed by atoms with Crippen molar-refractivity contribution < 1.29 is 0 Å². The molecule has 0 fully saturated rings. The first-order valence-corrected chi connectivity index (χ1v) is 44.7. The van der Waals surface area contributed by atoms with Crippen LogP contribution in [0, 0.1) is 0 Å². The van der Waals surface area contributed by atoms with Crippen LogP contribution < -0.4 is 0 Å². The van der Waals surface area contributed by atoms with E-state index in [-0.39, 0.29) is 0 Å². The molecule has 626 valence electrons. The molecule has 0 radical (unpaired) electrons. The fourth-order valence-electron chi connectivity index (χ4n) is 20.7. The molecule has 1 spiro atoms. The Balaban J connectivity index is 0.000000147. The molecule has 0 aliphatic heterocycles. The second-order valence-corrected chi connectivity index (χ2v) is 34.1. The molecule has 0 atom stereocenters. The number of fused-ring (bicyclic) bond motifs is 13. The lowest BCUT2D eigenvalue weighted by atomic mass is 9.67. The van der Waals surface area contributed by atoms with Gasteiger partial charge in [-0.25, -0.2) is 39.9 Å². The first-order valence-electron chi connectivity index (χ1n) is 44.7. The van der Waals surface area contributed by atoms with E-state index in [1.165, 1.54) is 89.0 Å². The number of pyridine rings is 4. The molecule has 12 heteroatoms. The second-order valence-electron chi connectivity index (χ2n) is 34.1. The number of hydrogen-bond donors (Lipinski definition) is 0. The van der Waals surface area contributed by atoms with E-state index in [0.717, 1.165) is 145 Å². The standard InChI is InChI=1S/C61H38N6.C61H40N6/c1-4-18-56-53(14-1)54-15-2-5-19-57(54)61(56)58-20-6-3-16-55(58)60-52(17-9-21-59(60)61)45-25-43(39-10-7-12-41(22-39)46-27-48(31-62-29-46)50-33-64-37-65-34-50)24-44(26-45)40-11-8-13-42(23-40)47-28-49(32-63-30-47)51-35-66-38-67-36-51;1-3-16-54(17-4-1)61(55-18-5-2-6-19-55)58-22-8-7-20-57(58)60-56(21-11-23-59(60)61)47-27-45(41-12-9-14-43(24-41)48-29-50(33-62-31-48)52-35-64-39-65-36-52)26-46(28-47)42-13-10-15-44(25-42)49-30-51(34-63-32-49)53-37-66-40-67-38-53/h1-38H;1-40H. The summed E-state index contributed by atoms with van der Waals surface area (Å²) in [7, 11) is 0. The maximum Gasteiger partial charge on any atom is 0.115 e. The summed E-state index contributed by atoms with van der Waals surface area (Å²) in [6.45, 7) is 0. The fraction of sp³-hybridized carbons (Fsp3) is 0.0164. The van der Waals surface area contributed by atoms with E-state index in [2.05, 4.69) is 412 Å². The molecule has 0 N–H and O–H groups in total. The highest BCUT2D eigenvalue weighted by atomic mass is 14.8. The fourth-order valence-corrected chi connectivity index (χ4v) is 20.7. The molecule has 134 heavy (non-hydrogen) atoms. The molecule has 3 aliphatic carbocycles. The molecule has 22 aromatic rings. The number of nitrogens with zero attached hydrogens (tertiary/aromatic N) is 12. The third-order valence-electron chi connectivity index (χ3n) is 26.6. The lowest BCUT2D eigenvalue weighted by Crippen LogP contribution is -2.28. The smallest absolute Gasteiger partial charge is 0.115 e. The zero-order chi connectivity index (χ0) is 88.9. The molecule has 0 bridgehead atoms. The molecule has 14 aromatic carbocycles. The quantitative estimate of drug-likeness (QED) is 0.0904. The molecule has 8 aromatic heterocycles. The van der Waals surface area contributed by atoms with Gasteiger partial charge in [0.15, 0.2) is 0 Å². The Hall–Kier alpha value is -18.0. The van der Waals surface area contributed by atoms with E-state index in [4.69, 9.17) is 0 Å². The van der Waals surface area contributed by atoms with Crippen LogP contribution >= 0.6 is 0 Å². The lowest BCUT2D eigenvalue weighted by Gasteiger charge is -2.34. The molecule has 3 aliphatic rings. The molecule has 0 saturated carbocycles. The van der Waals surface area contributed by atoms with Crippen molar-refractivity contribution in [2.24, 2.45) is 0 Å². The monoisotopic (exact) mass is 1710 g/mol. The summed E-state index contributed by atoms with van der Waals surface area (Å²) in [4.78, 5) is 52.6. The predicted octanol–water partition coefficient (Wildman–Crippen LogP) is 28.2. The lowest BCUT2D eigenvalue weighted by molar-refractivity contribution is 0.768. The third kappa shape index (κ3) is 14.0. The predicted molar refractivity (Wildman–Crippen MR) is 536 cm³/mol. The average Bonchev–Trinajstić information content (AvgIpc) is 1.51. The van der Waals surface area contributed by atoms with Gasteiger partial charge in [-0.3, -0.25) is 19.9 Å². The highest BCUT2D eigenvalue weighted by Gasteiger charge is 2.52. The van der Waals surface area contributed by atoms with Crippen LogP contribution in [0.15, 0.2) is 476 Å². The first kappa shape index (κ1) is 79.4. The number of rotatable bonds is 16. The zero-order valence-electron chi connectivity index (χ0n) is 72.4. The van der Waals surface area contributed by atoms with Gasteiger partial charge in [0.2, 0.25) is 0 Å². The van der Waals surface area contributed by atoms with Crippen LogP contribution in [0.5, 0.6) is 0 Å². The van der Waals surface area contributed by atoms with Crippen LogP contribution in [0.2, 0.25) is 0 Å². The van der Waals surface area contributed by atoms with E-state index >= 15 is 0 Å². The topological polar surface area (TPSA) is 155 Å². The Kier molecular flexibility index (Phi) is 20.1. The molecule has 12 nitrogen and oxygen atoms in total. The van der Waals surface area contributed by atoms with Crippen molar-refractivity contribution in [3.05, 3.63) is 521 Å². The molecular formula is C122H78N12. The second kappa shape index (κ2) is 33.9. The van der Waals surface area contributed by atoms with Gasteiger partial charge in [0.1, 0.15) is 25.3 Å². The van der Waals surface area contributed by atoms with Gasteiger partial charge >= 0.3 is 0 Å². The summed E-state index contributed by atoms with van der Waals surface area (Å²) in [6.07, 6.45) is 35.9. The van der Waals surface area contributed by atoms with Crippen LogP contribution in [0.4, 0.5) is 0 Å². The largest absolute Gasteiger partial charge is 0.263 e. The van der Waals surface area contributed by atoms with E-state index in [0.29, 0.717) is 0 Å². The molecule has 25 rings (SSSR count). The summed E-state index contributed by atoms with van der Waals surface area (Å²) >= 11 is 0. The molecule has 0 saturated heterocycles. The summed E-state index contributed by atoms with van der Waals surface area (Å²) in [5.41, 5.74) is 46.4. The van der Waals surface area contributed by atoms with Crippen molar-refractivity contribution in [1.29, 1.82) is 0 Å². The van der Waals surface area contributed by atoms with Crippen LogP contribution in [-0.4, -0.2) is 59.8 Å². The summed E-state index contributed by atoms with van der Waals surface area (Å²) < 4.78 is 0. The van der Waals surface area contributed by atoms with Crippen LogP contribution in [0.3, 0.4) is 0 Å². The normalized spacial score (nSPS) is 12.4. The Bertz CT molecular complexity index is 7490. The van der Waals surface area contributed by atoms with Crippen molar-refractivity contribution in [3.8, 4) is 189 Å². The maximum absolute atomic E-state index is 4.65. The van der Waals surface area contributed by atoms with Gasteiger partial charge in [0.05, 0.1) is 10.8 Å². The maximum atomic E-state index is 4.65. The summed E-state index contributed by atoms with van der Waals surface area (Å²) in [6, 6.07) is 130. The van der Waals surface area contributed by atoms with Crippen molar-refractivity contribution in [2.75, 3.05) is 0 Å². The Morgan fingerprint density at radius 3 is 0.619 bits per heavy atom. The zero-order valence-corrected chi connectivity index (χ0v) is 72.4. The van der Waals surface area contributed by atoms with Crippen molar-refractivity contribution in [2.45, 2.75) is 10.8 Å². The van der Waals surface area contributed by atoms with Gasteiger partial charge in [-0.05, 0) is 252 Å². The molecule has 0 unspecified atom stereocenters. The Morgan fingerprint density at radius 1 is 0.119 bits per heavy atom. The van der Waals surface area contributed by atoms with Crippen molar-refractivity contribution in [3.63, 3.8) is 0 Å². The highest BCUT2D eigenvalue weighted by Crippen LogP contribution is 2.65. The number of hydrogen-bond acceptors (Lipinski definition) is 12. The minimum Gasteiger partial charge on any atom is -0.263 e. The van der Waals surface area contributed by atoms with Crippen molar-refractivity contribution in [1.82, 2.24) is 59.8 Å². The summed E-state index contributed by atoms with van der Waals surface area (Å²) in [5.74, 6) is 0. The minimum atomic E-state index is -0.517. The molecule has 0 amide bonds. The molecular weight excluding hydrogens is 1630 g/mol. The number of aromatic nitrogens is 12. The van der Waals surface area contributed by atoms with E-state index < -0.39 is 10.8 Å². The van der Waals surface area contributed by atoms with Gasteiger partial charge in [0, 0.05) is 166 Å². The molecule has 8 heterocycles. The first-order chi connectivity index (χ1) is 66.4. The van der Waals surface area contributed by atoms with Gasteiger partial charge in [-0.15, -0.1) is 0 Å². The van der Waals surface area contributed by atoms with Crippen molar-refractivity contribution >= 4 is 0 Å². The van der Waals surface area contributed by atoms with Gasteiger partial charge < -0.3 is 0 Å². The van der Waals surface area contributed by atoms with E-state index in [1.54, 1.807) is 25.3 Å². The van der Waals surface area contributed by atoms with Gasteiger partial charge in [-0.2, -0.15) is 0 Å². The van der Waals surface area contributed by atoms with Crippen LogP contribution in [0.25, 0.3) is 189 Å².